The van der Waals surface area contributed by atoms with Gasteiger partial charge >= 0.3 is 0 Å². The van der Waals surface area contributed by atoms with E-state index >= 15 is 0 Å². The number of amides is 1. The molecule has 0 unspecified atom stereocenters. The Morgan fingerprint density at radius 3 is 2.85 bits per heavy atom. The highest BCUT2D eigenvalue weighted by Crippen LogP contribution is 2.28. The van der Waals surface area contributed by atoms with Crippen LogP contribution in [0.2, 0.25) is 5.02 Å². The lowest BCUT2D eigenvalue weighted by Crippen LogP contribution is -2.14. The second-order valence-corrected chi connectivity index (χ2v) is 7.56. The largest absolute Gasteiger partial charge is 0.300 e. The van der Waals surface area contributed by atoms with E-state index in [9.17, 15) is 4.79 Å². The fourth-order valence-electron chi connectivity index (χ4n) is 1.49. The number of carbonyl (C=O) groups excluding carboxylic acids is 1. The number of nitrogens with zero attached hydrogens (tertiary/aromatic N) is 2. The summed E-state index contributed by atoms with van der Waals surface area (Å²) in [5.74, 6) is -0.143. The highest BCUT2D eigenvalue weighted by molar-refractivity contribution is 8.01. The van der Waals surface area contributed by atoms with Crippen molar-refractivity contribution in [2.24, 2.45) is 0 Å². The summed E-state index contributed by atoms with van der Waals surface area (Å²) in [6.45, 7) is 4.17. The normalized spacial score (nSPS) is 10.8. The van der Waals surface area contributed by atoms with Crippen LogP contribution in [-0.2, 0) is 11.2 Å². The van der Waals surface area contributed by atoms with Crippen molar-refractivity contribution in [2.45, 2.75) is 29.9 Å². The number of carbonyl (C=O) groups is 1. The molecule has 0 saturated carbocycles. The predicted octanol–water partition coefficient (Wildman–Crippen LogP) is 3.87. The molecule has 0 spiro atoms. The number of hydrogen-bond acceptors (Lipinski definition) is 5. The van der Waals surface area contributed by atoms with Crippen molar-refractivity contribution in [2.75, 3.05) is 5.32 Å². The highest BCUT2D eigenvalue weighted by Gasteiger charge is 2.11. The second-order valence-electron chi connectivity index (χ2n) is 4.36. The third kappa shape index (κ3) is 4.47. The quantitative estimate of drug-likeness (QED) is 0.669. The van der Waals surface area contributed by atoms with Crippen LogP contribution in [0.1, 0.15) is 19.4 Å². The van der Waals surface area contributed by atoms with Crippen molar-refractivity contribution in [3.63, 3.8) is 0 Å². The zero-order valence-corrected chi connectivity index (χ0v) is 13.5. The van der Waals surface area contributed by atoms with Crippen molar-refractivity contribution < 1.29 is 4.79 Å². The first-order chi connectivity index (χ1) is 9.54. The first-order valence-corrected chi connectivity index (χ1v) is 8.15. The summed E-state index contributed by atoms with van der Waals surface area (Å²) in [7, 11) is 0. The van der Waals surface area contributed by atoms with Gasteiger partial charge in [-0.3, -0.25) is 4.79 Å². The van der Waals surface area contributed by atoms with Crippen LogP contribution in [0.5, 0.6) is 0 Å². The number of thioether (sulfide) groups is 1. The van der Waals surface area contributed by atoms with E-state index in [2.05, 4.69) is 29.4 Å². The Bertz CT molecular complexity index is 601. The Labute approximate surface area is 130 Å². The topological polar surface area (TPSA) is 54.9 Å². The molecular weight excluding hydrogens is 314 g/mol. The lowest BCUT2D eigenvalue weighted by molar-refractivity contribution is -0.115. The zero-order chi connectivity index (χ0) is 14.5. The molecule has 0 aliphatic heterocycles. The van der Waals surface area contributed by atoms with Gasteiger partial charge in [0, 0.05) is 10.3 Å². The minimum absolute atomic E-state index is 0.143. The second kappa shape index (κ2) is 7.06. The van der Waals surface area contributed by atoms with Crippen LogP contribution < -0.4 is 5.32 Å². The van der Waals surface area contributed by atoms with Gasteiger partial charge in [-0.15, -0.1) is 10.2 Å². The van der Waals surface area contributed by atoms with Crippen molar-refractivity contribution in [3.8, 4) is 0 Å². The van der Waals surface area contributed by atoms with E-state index in [0.29, 0.717) is 15.4 Å². The number of nitrogens with one attached hydrogen (secondary N) is 1. The van der Waals surface area contributed by atoms with Crippen LogP contribution in [-0.4, -0.2) is 21.4 Å². The molecule has 1 amide bonds. The lowest BCUT2D eigenvalue weighted by Gasteiger charge is -2.03. The molecule has 2 rings (SSSR count). The highest BCUT2D eigenvalue weighted by atomic mass is 35.5. The van der Waals surface area contributed by atoms with Gasteiger partial charge in [-0.05, 0) is 11.6 Å². The van der Waals surface area contributed by atoms with Gasteiger partial charge in [0.05, 0.1) is 6.42 Å². The summed E-state index contributed by atoms with van der Waals surface area (Å²) in [4.78, 5) is 11.9. The minimum Gasteiger partial charge on any atom is -0.300 e. The van der Waals surface area contributed by atoms with E-state index in [1.54, 1.807) is 17.8 Å². The van der Waals surface area contributed by atoms with E-state index in [1.165, 1.54) is 11.3 Å². The molecule has 0 fully saturated rings. The summed E-state index contributed by atoms with van der Waals surface area (Å²) in [6.07, 6.45) is 0.228. The number of halogens is 1. The Morgan fingerprint density at radius 2 is 2.15 bits per heavy atom. The zero-order valence-electron chi connectivity index (χ0n) is 11.1. The first-order valence-electron chi connectivity index (χ1n) is 6.08. The molecule has 1 N–H and O–H groups in total. The molecule has 0 aliphatic rings. The summed E-state index contributed by atoms with van der Waals surface area (Å²) >= 11 is 9.03. The molecule has 7 heteroatoms. The molecule has 20 heavy (non-hydrogen) atoms. The fraction of sp³-hybridized carbons (Fsp3) is 0.308. The van der Waals surface area contributed by atoms with Gasteiger partial charge in [-0.25, -0.2) is 0 Å². The molecule has 0 saturated heterocycles. The van der Waals surface area contributed by atoms with E-state index in [4.69, 9.17) is 11.6 Å². The van der Waals surface area contributed by atoms with Gasteiger partial charge in [-0.2, -0.15) is 0 Å². The Morgan fingerprint density at radius 1 is 1.40 bits per heavy atom. The smallest absolute Gasteiger partial charge is 0.230 e. The minimum atomic E-state index is -0.143. The average Bonchev–Trinajstić information content (AvgIpc) is 2.78. The van der Waals surface area contributed by atoms with E-state index in [-0.39, 0.29) is 12.3 Å². The predicted molar refractivity (Wildman–Crippen MR) is 84.7 cm³/mol. The monoisotopic (exact) mass is 327 g/mol. The third-order valence-corrected chi connectivity index (χ3v) is 4.59. The molecule has 0 bridgehead atoms. The summed E-state index contributed by atoms with van der Waals surface area (Å²) in [6, 6.07) is 7.30. The number of benzene rings is 1. The van der Waals surface area contributed by atoms with Crippen molar-refractivity contribution in [3.05, 3.63) is 34.9 Å². The van der Waals surface area contributed by atoms with E-state index in [1.807, 2.05) is 18.2 Å². The van der Waals surface area contributed by atoms with Crippen LogP contribution >= 0.6 is 34.7 Å². The van der Waals surface area contributed by atoms with Crippen LogP contribution in [0, 0.1) is 0 Å². The van der Waals surface area contributed by atoms with Crippen molar-refractivity contribution in [1.29, 1.82) is 0 Å². The number of rotatable bonds is 5. The molecule has 1 heterocycles. The Balaban J connectivity index is 1.95. The van der Waals surface area contributed by atoms with Crippen LogP contribution in [0.3, 0.4) is 0 Å². The first kappa shape index (κ1) is 15.3. The Kier molecular flexibility index (Phi) is 5.39. The molecular formula is C13H14ClN3OS2. The van der Waals surface area contributed by atoms with E-state index in [0.717, 1.165) is 9.90 Å². The maximum atomic E-state index is 11.9. The van der Waals surface area contributed by atoms with Crippen LogP contribution in [0.25, 0.3) is 0 Å². The van der Waals surface area contributed by atoms with Crippen molar-refractivity contribution >= 4 is 45.7 Å². The summed E-state index contributed by atoms with van der Waals surface area (Å²) in [5.41, 5.74) is 0.799. The van der Waals surface area contributed by atoms with E-state index < -0.39 is 0 Å². The summed E-state index contributed by atoms with van der Waals surface area (Å²) < 4.78 is 0.855. The average molecular weight is 328 g/mol. The lowest BCUT2D eigenvalue weighted by atomic mass is 10.1. The SMILES string of the molecule is CC(C)Sc1nnc(NC(=O)Cc2ccccc2Cl)s1. The van der Waals surface area contributed by atoms with Gasteiger partial charge in [0.2, 0.25) is 11.0 Å². The number of aromatic nitrogens is 2. The Hall–Kier alpha value is -1.11. The van der Waals surface area contributed by atoms with Gasteiger partial charge in [-0.1, -0.05) is 66.7 Å². The number of anilines is 1. The molecule has 0 aliphatic carbocycles. The van der Waals surface area contributed by atoms with Crippen molar-refractivity contribution in [1.82, 2.24) is 10.2 Å². The molecule has 1 aromatic heterocycles. The third-order valence-electron chi connectivity index (χ3n) is 2.30. The van der Waals surface area contributed by atoms with Gasteiger partial charge in [0.15, 0.2) is 4.34 Å². The number of hydrogen-bond donors (Lipinski definition) is 1. The molecule has 1 aromatic carbocycles. The molecule has 2 aromatic rings. The van der Waals surface area contributed by atoms with Gasteiger partial charge in [0.1, 0.15) is 0 Å². The van der Waals surface area contributed by atoms with Gasteiger partial charge in [0.25, 0.3) is 0 Å². The maximum Gasteiger partial charge on any atom is 0.230 e. The molecule has 106 valence electrons. The summed E-state index contributed by atoms with van der Waals surface area (Å²) in [5, 5.41) is 12.3. The molecule has 0 radical (unpaired) electrons. The maximum absolute atomic E-state index is 11.9. The molecule has 4 nitrogen and oxygen atoms in total. The molecule has 0 atom stereocenters. The van der Waals surface area contributed by atoms with Crippen LogP contribution in [0.4, 0.5) is 5.13 Å². The fourth-order valence-corrected chi connectivity index (χ4v) is 3.68. The van der Waals surface area contributed by atoms with Crippen LogP contribution in [0.15, 0.2) is 28.6 Å². The standard InChI is InChI=1S/C13H14ClN3OS2/c1-8(2)19-13-17-16-12(20-13)15-11(18)7-9-5-3-4-6-10(9)14/h3-6,8H,7H2,1-2H3,(H,15,16,18). The van der Waals surface area contributed by atoms with Gasteiger partial charge < -0.3 is 5.32 Å².